The van der Waals surface area contributed by atoms with Gasteiger partial charge in [-0.2, -0.15) is 0 Å². The highest BCUT2D eigenvalue weighted by Gasteiger charge is 2.19. The second-order valence-electron chi connectivity index (χ2n) is 2.91. The van der Waals surface area contributed by atoms with Gasteiger partial charge >= 0.3 is 0 Å². The first-order valence-electron chi connectivity index (χ1n) is 4.12. The summed E-state index contributed by atoms with van der Waals surface area (Å²) in [4.78, 5) is 0. The van der Waals surface area contributed by atoms with Crippen LogP contribution in [-0.4, -0.2) is 26.7 Å². The molecule has 0 saturated carbocycles. The van der Waals surface area contributed by atoms with Gasteiger partial charge in [-0.3, -0.25) is 0 Å². The van der Waals surface area contributed by atoms with Gasteiger partial charge in [-0.05, 0) is 13.3 Å². The summed E-state index contributed by atoms with van der Waals surface area (Å²) >= 11 is 1.77. The number of aromatic nitrogens is 3. The number of aryl methyl sites for hydroxylation is 1. The van der Waals surface area contributed by atoms with Crippen LogP contribution >= 0.6 is 11.8 Å². The lowest BCUT2D eigenvalue weighted by Gasteiger charge is -2.24. The molecule has 0 spiro atoms. The molecule has 1 aliphatic heterocycles. The molecule has 1 unspecified atom stereocenters. The van der Waals surface area contributed by atoms with Crippen LogP contribution in [0.1, 0.15) is 19.2 Å². The van der Waals surface area contributed by atoms with Crippen molar-refractivity contribution < 1.29 is 0 Å². The van der Waals surface area contributed by atoms with Crippen LogP contribution in [0.5, 0.6) is 0 Å². The molecule has 2 heterocycles. The lowest BCUT2D eigenvalue weighted by molar-refractivity contribution is 0.610. The molecule has 0 saturated heterocycles. The topological polar surface area (TPSA) is 42.7 Å². The average molecular weight is 184 g/mol. The minimum absolute atomic E-state index is 0.553. The lowest BCUT2D eigenvalue weighted by atomic mass is 10.3. The Morgan fingerprint density at radius 3 is 3.25 bits per heavy atom. The minimum atomic E-state index is 0.553. The first kappa shape index (κ1) is 7.91. The summed E-state index contributed by atoms with van der Waals surface area (Å²) < 4.78 is 1.97. The third kappa shape index (κ3) is 1.18. The van der Waals surface area contributed by atoms with Gasteiger partial charge in [-0.1, -0.05) is 18.7 Å². The molecule has 1 N–H and O–H groups in total. The van der Waals surface area contributed by atoms with Crippen molar-refractivity contribution in [1.29, 1.82) is 0 Å². The molecule has 0 radical (unpaired) electrons. The number of hydrogen-bond donors (Lipinski definition) is 1. The summed E-state index contributed by atoms with van der Waals surface area (Å²) in [5, 5.41) is 9.02. The predicted octanol–water partition coefficient (Wildman–Crippen LogP) is 1.01. The van der Waals surface area contributed by atoms with Crippen molar-refractivity contribution in [2.75, 3.05) is 11.2 Å². The molecule has 2 rings (SSSR count). The molecule has 0 aromatic carbocycles. The number of fused-ring (bicyclic) bond motifs is 1. The Hall–Kier alpha value is -0.710. The van der Waals surface area contributed by atoms with Crippen molar-refractivity contribution in [2.45, 2.75) is 31.5 Å². The maximum absolute atomic E-state index is 4.04. The standard InChI is InChI=1S/C7H12N4S/c1-3-6-4-12-7-9-8-5(2)11(7)10-6/h6,10H,3-4H2,1-2H3. The highest BCUT2D eigenvalue weighted by Crippen LogP contribution is 2.22. The zero-order valence-corrected chi connectivity index (χ0v) is 8.06. The fourth-order valence-electron chi connectivity index (χ4n) is 1.19. The Balaban J connectivity index is 2.26. The van der Waals surface area contributed by atoms with Crippen molar-refractivity contribution in [3.05, 3.63) is 5.82 Å². The van der Waals surface area contributed by atoms with Gasteiger partial charge in [-0.25, -0.2) is 4.68 Å². The first-order chi connectivity index (χ1) is 5.81. The Morgan fingerprint density at radius 2 is 2.50 bits per heavy atom. The Bertz CT molecular complexity index is 283. The third-order valence-corrected chi connectivity index (χ3v) is 3.10. The van der Waals surface area contributed by atoms with E-state index in [-0.39, 0.29) is 0 Å². The van der Waals surface area contributed by atoms with Crippen LogP contribution in [0, 0.1) is 6.92 Å². The molecule has 0 aliphatic carbocycles. The van der Waals surface area contributed by atoms with Crippen LogP contribution in [0.4, 0.5) is 0 Å². The van der Waals surface area contributed by atoms with Gasteiger partial charge in [0.1, 0.15) is 5.82 Å². The maximum Gasteiger partial charge on any atom is 0.210 e. The second-order valence-corrected chi connectivity index (χ2v) is 3.90. The van der Waals surface area contributed by atoms with Crippen LogP contribution in [0.15, 0.2) is 5.16 Å². The van der Waals surface area contributed by atoms with E-state index in [1.54, 1.807) is 11.8 Å². The molecule has 1 aliphatic rings. The fraction of sp³-hybridized carbons (Fsp3) is 0.714. The van der Waals surface area contributed by atoms with Gasteiger partial charge in [-0.15, -0.1) is 10.2 Å². The predicted molar refractivity (Wildman–Crippen MR) is 48.9 cm³/mol. The smallest absolute Gasteiger partial charge is 0.210 e. The quantitative estimate of drug-likeness (QED) is 0.707. The van der Waals surface area contributed by atoms with Crippen LogP contribution in [0.2, 0.25) is 0 Å². The van der Waals surface area contributed by atoms with Gasteiger partial charge in [0.25, 0.3) is 0 Å². The molecule has 0 fully saturated rings. The van der Waals surface area contributed by atoms with Crippen molar-refractivity contribution in [2.24, 2.45) is 0 Å². The third-order valence-electron chi connectivity index (χ3n) is 2.01. The lowest BCUT2D eigenvalue weighted by Crippen LogP contribution is -2.34. The van der Waals surface area contributed by atoms with Crippen LogP contribution in [-0.2, 0) is 0 Å². The maximum atomic E-state index is 4.04. The summed E-state index contributed by atoms with van der Waals surface area (Å²) in [6, 6.07) is 0.553. The van der Waals surface area contributed by atoms with E-state index in [1.165, 1.54) is 0 Å². The van der Waals surface area contributed by atoms with Crippen molar-refractivity contribution in [1.82, 2.24) is 14.9 Å². The first-order valence-corrected chi connectivity index (χ1v) is 5.11. The summed E-state index contributed by atoms with van der Waals surface area (Å²) in [6.07, 6.45) is 1.14. The molecule has 66 valence electrons. The van der Waals surface area contributed by atoms with Crippen molar-refractivity contribution in [3.63, 3.8) is 0 Å². The largest absolute Gasteiger partial charge is 0.318 e. The van der Waals surface area contributed by atoms with Crippen molar-refractivity contribution >= 4 is 11.8 Å². The second kappa shape index (κ2) is 2.97. The fourth-order valence-corrected chi connectivity index (χ4v) is 2.26. The zero-order chi connectivity index (χ0) is 8.55. The highest BCUT2D eigenvalue weighted by atomic mass is 32.2. The number of rotatable bonds is 1. The summed E-state index contributed by atoms with van der Waals surface area (Å²) in [5.41, 5.74) is 3.37. The SMILES string of the molecule is CCC1CSc2nnc(C)n2N1. The number of hydrogen-bond acceptors (Lipinski definition) is 4. The molecule has 5 heteroatoms. The Labute approximate surface area is 75.7 Å². The van der Waals surface area contributed by atoms with Crippen LogP contribution < -0.4 is 5.43 Å². The van der Waals surface area contributed by atoms with E-state index in [4.69, 9.17) is 0 Å². The van der Waals surface area contributed by atoms with Gasteiger partial charge < -0.3 is 5.43 Å². The molecule has 0 amide bonds. The van der Waals surface area contributed by atoms with E-state index >= 15 is 0 Å². The van der Waals surface area contributed by atoms with E-state index in [9.17, 15) is 0 Å². The Kier molecular flexibility index (Phi) is 1.96. The van der Waals surface area contributed by atoms with Gasteiger partial charge in [0.2, 0.25) is 5.16 Å². The van der Waals surface area contributed by atoms with E-state index in [1.807, 2.05) is 11.6 Å². The zero-order valence-electron chi connectivity index (χ0n) is 7.24. The van der Waals surface area contributed by atoms with E-state index < -0.39 is 0 Å². The summed E-state index contributed by atoms with van der Waals surface area (Å²) in [7, 11) is 0. The highest BCUT2D eigenvalue weighted by molar-refractivity contribution is 7.99. The minimum Gasteiger partial charge on any atom is -0.318 e. The number of nitrogens with one attached hydrogen (secondary N) is 1. The van der Waals surface area contributed by atoms with Crippen LogP contribution in [0.3, 0.4) is 0 Å². The molecule has 12 heavy (non-hydrogen) atoms. The molecule has 4 nitrogen and oxygen atoms in total. The summed E-state index contributed by atoms with van der Waals surface area (Å²) in [6.45, 7) is 4.14. The summed E-state index contributed by atoms with van der Waals surface area (Å²) in [5.74, 6) is 2.03. The van der Waals surface area contributed by atoms with Crippen molar-refractivity contribution in [3.8, 4) is 0 Å². The van der Waals surface area contributed by atoms with Gasteiger partial charge in [0.15, 0.2) is 0 Å². The average Bonchev–Trinajstić information content (AvgIpc) is 2.47. The van der Waals surface area contributed by atoms with E-state index in [0.29, 0.717) is 6.04 Å². The van der Waals surface area contributed by atoms with E-state index in [0.717, 1.165) is 23.2 Å². The normalized spacial score (nSPS) is 21.7. The molecular weight excluding hydrogens is 172 g/mol. The van der Waals surface area contributed by atoms with Gasteiger partial charge in [0, 0.05) is 5.75 Å². The number of nitrogens with zero attached hydrogens (tertiary/aromatic N) is 3. The molecule has 1 aromatic rings. The molecular formula is C7H12N4S. The monoisotopic (exact) mass is 184 g/mol. The Morgan fingerprint density at radius 1 is 1.67 bits per heavy atom. The number of thioether (sulfide) groups is 1. The molecule has 1 atom stereocenters. The van der Waals surface area contributed by atoms with E-state index in [2.05, 4.69) is 22.5 Å². The molecule has 1 aromatic heterocycles. The van der Waals surface area contributed by atoms with Crippen LogP contribution in [0.25, 0.3) is 0 Å². The molecule has 0 bridgehead atoms. The van der Waals surface area contributed by atoms with Gasteiger partial charge in [0.05, 0.1) is 6.04 Å².